The Bertz CT molecular complexity index is 232. The van der Waals surface area contributed by atoms with Gasteiger partial charge in [-0.3, -0.25) is 0 Å². The molecule has 0 aliphatic heterocycles. The quantitative estimate of drug-likeness (QED) is 0.696. The van der Waals surface area contributed by atoms with Crippen LogP contribution in [-0.2, 0) is 0 Å². The molecule has 0 aromatic carbocycles. The lowest BCUT2D eigenvalue weighted by Gasteiger charge is -2.34. The Hall–Kier alpha value is -0.0400. The van der Waals surface area contributed by atoms with E-state index in [0.717, 1.165) is 29.7 Å². The van der Waals surface area contributed by atoms with Crippen molar-refractivity contribution in [1.82, 2.24) is 5.32 Å². The Morgan fingerprint density at radius 1 is 0.944 bits per heavy atom. The van der Waals surface area contributed by atoms with Crippen LogP contribution in [0, 0.1) is 23.7 Å². The van der Waals surface area contributed by atoms with Crippen molar-refractivity contribution in [2.24, 2.45) is 23.7 Å². The summed E-state index contributed by atoms with van der Waals surface area (Å²) in [7, 11) is 0. The normalized spacial score (nSPS) is 30.7. The Kier molecular flexibility index (Phi) is 5.54. The van der Waals surface area contributed by atoms with Gasteiger partial charge in [0.1, 0.15) is 0 Å². The van der Waals surface area contributed by atoms with E-state index in [1.165, 1.54) is 57.9 Å². The number of hydrogen-bond donors (Lipinski definition) is 1. The van der Waals surface area contributed by atoms with Gasteiger partial charge in [-0.2, -0.15) is 0 Å². The van der Waals surface area contributed by atoms with Crippen molar-refractivity contribution in [2.45, 2.75) is 78.2 Å². The van der Waals surface area contributed by atoms with E-state index in [0.29, 0.717) is 0 Å². The molecule has 2 aliphatic rings. The first kappa shape index (κ1) is 14.4. The maximum Gasteiger partial charge on any atom is 0.00683 e. The van der Waals surface area contributed by atoms with Crippen LogP contribution in [0.25, 0.3) is 0 Å². The third-order valence-electron chi connectivity index (χ3n) is 4.89. The van der Waals surface area contributed by atoms with Gasteiger partial charge in [0, 0.05) is 6.04 Å². The lowest BCUT2D eigenvalue weighted by molar-refractivity contribution is 0.187. The van der Waals surface area contributed by atoms with Gasteiger partial charge >= 0.3 is 0 Å². The van der Waals surface area contributed by atoms with Crippen LogP contribution in [0.2, 0.25) is 0 Å². The summed E-state index contributed by atoms with van der Waals surface area (Å²) in [5.74, 6) is 3.79. The lowest BCUT2D eigenvalue weighted by Crippen LogP contribution is -2.32. The fraction of sp³-hybridized carbons (Fsp3) is 1.00. The molecular formula is C17H33N. The molecule has 0 radical (unpaired) electrons. The molecule has 0 aromatic heterocycles. The van der Waals surface area contributed by atoms with Crippen LogP contribution in [0.3, 0.4) is 0 Å². The third kappa shape index (κ3) is 4.91. The molecule has 0 saturated heterocycles. The second-order valence-electron chi connectivity index (χ2n) is 7.46. The van der Waals surface area contributed by atoms with E-state index in [4.69, 9.17) is 0 Å². The number of hydrogen-bond acceptors (Lipinski definition) is 1. The zero-order valence-corrected chi connectivity index (χ0v) is 12.8. The van der Waals surface area contributed by atoms with Crippen molar-refractivity contribution < 1.29 is 0 Å². The molecule has 2 fully saturated rings. The van der Waals surface area contributed by atoms with Gasteiger partial charge in [-0.05, 0) is 62.3 Å². The van der Waals surface area contributed by atoms with Crippen LogP contribution < -0.4 is 5.32 Å². The van der Waals surface area contributed by atoms with Crippen LogP contribution in [0.5, 0.6) is 0 Å². The molecule has 1 nitrogen and oxygen atoms in total. The van der Waals surface area contributed by atoms with E-state index in [1.54, 1.807) is 0 Å². The number of nitrogens with one attached hydrogen (secondary N) is 1. The van der Waals surface area contributed by atoms with Gasteiger partial charge in [0.15, 0.2) is 0 Å². The standard InChI is InChI=1S/C17H33N/c1-13(2)10-14(3)11-15-6-4-5-7-16(15)12-18-17-8-9-17/h13-18H,4-12H2,1-3H3. The first-order valence-electron chi connectivity index (χ1n) is 8.38. The van der Waals surface area contributed by atoms with Crippen molar-refractivity contribution in [3.63, 3.8) is 0 Å². The summed E-state index contributed by atoms with van der Waals surface area (Å²) < 4.78 is 0. The monoisotopic (exact) mass is 251 g/mol. The van der Waals surface area contributed by atoms with Crippen LogP contribution in [0.4, 0.5) is 0 Å². The average molecular weight is 251 g/mol. The lowest BCUT2D eigenvalue weighted by atomic mass is 9.74. The van der Waals surface area contributed by atoms with Crippen LogP contribution in [0.1, 0.15) is 72.1 Å². The minimum absolute atomic E-state index is 0.867. The van der Waals surface area contributed by atoms with E-state index in [-0.39, 0.29) is 0 Å². The molecular weight excluding hydrogens is 218 g/mol. The van der Waals surface area contributed by atoms with Gasteiger partial charge in [0.05, 0.1) is 0 Å². The predicted octanol–water partition coefficient (Wildman–Crippen LogP) is 4.62. The molecule has 2 saturated carbocycles. The van der Waals surface area contributed by atoms with Crippen LogP contribution in [-0.4, -0.2) is 12.6 Å². The Labute approximate surface area is 114 Å². The first-order chi connectivity index (χ1) is 8.65. The molecule has 0 aromatic rings. The smallest absolute Gasteiger partial charge is 0.00683 e. The Morgan fingerprint density at radius 2 is 1.61 bits per heavy atom. The summed E-state index contributed by atoms with van der Waals surface area (Å²) in [5, 5.41) is 3.77. The molecule has 0 heterocycles. The fourth-order valence-electron chi connectivity index (χ4n) is 3.89. The molecule has 106 valence electrons. The molecule has 2 aliphatic carbocycles. The van der Waals surface area contributed by atoms with Gasteiger partial charge in [-0.25, -0.2) is 0 Å². The second kappa shape index (κ2) is 6.93. The molecule has 18 heavy (non-hydrogen) atoms. The average Bonchev–Trinajstić information content (AvgIpc) is 3.10. The maximum atomic E-state index is 3.77. The highest BCUT2D eigenvalue weighted by Crippen LogP contribution is 2.36. The molecule has 0 bridgehead atoms. The van der Waals surface area contributed by atoms with E-state index >= 15 is 0 Å². The summed E-state index contributed by atoms with van der Waals surface area (Å²) >= 11 is 0. The summed E-state index contributed by atoms with van der Waals surface area (Å²) in [6, 6.07) is 0.890. The highest BCUT2D eigenvalue weighted by Gasteiger charge is 2.28. The third-order valence-corrected chi connectivity index (χ3v) is 4.89. The Balaban J connectivity index is 1.74. The van der Waals surface area contributed by atoms with Crippen LogP contribution >= 0.6 is 0 Å². The molecule has 0 amide bonds. The zero-order chi connectivity index (χ0) is 13.0. The SMILES string of the molecule is CC(C)CC(C)CC1CCCCC1CNC1CC1. The van der Waals surface area contributed by atoms with Gasteiger partial charge < -0.3 is 5.32 Å². The highest BCUT2D eigenvalue weighted by molar-refractivity contribution is 4.85. The van der Waals surface area contributed by atoms with Crippen LogP contribution in [0.15, 0.2) is 0 Å². The van der Waals surface area contributed by atoms with Crippen molar-refractivity contribution in [3.8, 4) is 0 Å². The Morgan fingerprint density at radius 3 is 2.22 bits per heavy atom. The largest absolute Gasteiger partial charge is 0.314 e. The van der Waals surface area contributed by atoms with E-state index in [2.05, 4.69) is 26.1 Å². The van der Waals surface area contributed by atoms with Crippen molar-refractivity contribution in [2.75, 3.05) is 6.54 Å². The van der Waals surface area contributed by atoms with Crippen molar-refractivity contribution in [3.05, 3.63) is 0 Å². The molecule has 1 N–H and O–H groups in total. The van der Waals surface area contributed by atoms with E-state index < -0.39 is 0 Å². The fourth-order valence-corrected chi connectivity index (χ4v) is 3.89. The van der Waals surface area contributed by atoms with E-state index in [9.17, 15) is 0 Å². The summed E-state index contributed by atoms with van der Waals surface area (Å²) in [6.45, 7) is 8.51. The van der Waals surface area contributed by atoms with Gasteiger partial charge in [-0.15, -0.1) is 0 Å². The van der Waals surface area contributed by atoms with Crippen molar-refractivity contribution >= 4 is 0 Å². The van der Waals surface area contributed by atoms with Gasteiger partial charge in [-0.1, -0.05) is 40.0 Å². The van der Waals surface area contributed by atoms with Crippen molar-refractivity contribution in [1.29, 1.82) is 0 Å². The maximum absolute atomic E-state index is 3.77. The minimum Gasteiger partial charge on any atom is -0.314 e. The summed E-state index contributed by atoms with van der Waals surface area (Å²) in [6.07, 6.45) is 11.7. The molecule has 3 atom stereocenters. The molecule has 1 heteroatoms. The topological polar surface area (TPSA) is 12.0 Å². The minimum atomic E-state index is 0.867. The first-order valence-corrected chi connectivity index (χ1v) is 8.38. The van der Waals surface area contributed by atoms with E-state index in [1.807, 2.05) is 0 Å². The van der Waals surface area contributed by atoms with Gasteiger partial charge in [0.25, 0.3) is 0 Å². The predicted molar refractivity (Wildman–Crippen MR) is 79.7 cm³/mol. The highest BCUT2D eigenvalue weighted by atomic mass is 14.9. The summed E-state index contributed by atoms with van der Waals surface area (Å²) in [5.41, 5.74) is 0. The second-order valence-corrected chi connectivity index (χ2v) is 7.46. The summed E-state index contributed by atoms with van der Waals surface area (Å²) in [4.78, 5) is 0. The van der Waals surface area contributed by atoms with Gasteiger partial charge in [0.2, 0.25) is 0 Å². The molecule has 0 spiro atoms. The molecule has 2 rings (SSSR count). The number of rotatable bonds is 7. The molecule has 3 unspecified atom stereocenters. The zero-order valence-electron chi connectivity index (χ0n) is 12.8.